The maximum atomic E-state index is 12.2. The standard InChI is InChI=1S/C21H26O5/c1-2-26-18(22)14-8-6-4-3-5-7-13-17-19(23)15-11-9-10-12-16(15)20(24)21(17)25/h9-12,23H,2-8,13-14H2,1H3. The lowest BCUT2D eigenvalue weighted by atomic mass is 9.86. The molecular weight excluding hydrogens is 332 g/mol. The largest absolute Gasteiger partial charge is 0.507 e. The third-order valence-corrected chi connectivity index (χ3v) is 4.56. The van der Waals surface area contributed by atoms with Gasteiger partial charge in [0.15, 0.2) is 0 Å². The summed E-state index contributed by atoms with van der Waals surface area (Å²) in [6, 6.07) is 6.66. The van der Waals surface area contributed by atoms with Gasteiger partial charge in [-0.1, -0.05) is 49.9 Å². The zero-order valence-corrected chi connectivity index (χ0v) is 15.3. The molecule has 0 saturated heterocycles. The fourth-order valence-corrected chi connectivity index (χ4v) is 3.16. The highest BCUT2D eigenvalue weighted by Crippen LogP contribution is 2.30. The molecule has 0 bridgehead atoms. The summed E-state index contributed by atoms with van der Waals surface area (Å²) < 4.78 is 4.88. The number of ketones is 2. The van der Waals surface area contributed by atoms with Crippen LogP contribution in [0, 0.1) is 0 Å². The van der Waals surface area contributed by atoms with Crippen molar-refractivity contribution in [3.63, 3.8) is 0 Å². The van der Waals surface area contributed by atoms with Crippen LogP contribution in [-0.4, -0.2) is 29.2 Å². The van der Waals surface area contributed by atoms with Crippen LogP contribution in [0.25, 0.3) is 5.76 Å². The summed E-state index contributed by atoms with van der Waals surface area (Å²) in [6.07, 6.45) is 6.35. The molecule has 0 atom stereocenters. The van der Waals surface area contributed by atoms with E-state index in [4.69, 9.17) is 4.74 Å². The first-order valence-electron chi connectivity index (χ1n) is 9.32. The molecule has 1 aromatic carbocycles. The third-order valence-electron chi connectivity index (χ3n) is 4.56. The normalized spacial score (nSPS) is 13.7. The van der Waals surface area contributed by atoms with Crippen LogP contribution in [0.4, 0.5) is 0 Å². The molecule has 0 amide bonds. The van der Waals surface area contributed by atoms with Crippen molar-refractivity contribution in [2.24, 2.45) is 0 Å². The van der Waals surface area contributed by atoms with Gasteiger partial charge in [0.2, 0.25) is 11.6 Å². The quantitative estimate of drug-likeness (QED) is 0.381. The molecule has 5 nitrogen and oxygen atoms in total. The van der Waals surface area contributed by atoms with Crippen LogP contribution in [0.15, 0.2) is 29.8 Å². The topological polar surface area (TPSA) is 80.7 Å². The predicted octanol–water partition coefficient (Wildman–Crippen LogP) is 4.41. The highest BCUT2D eigenvalue weighted by Gasteiger charge is 2.31. The van der Waals surface area contributed by atoms with Crippen LogP contribution in [0.2, 0.25) is 0 Å². The summed E-state index contributed by atoms with van der Waals surface area (Å²) >= 11 is 0. The molecular formula is C21H26O5. The average molecular weight is 358 g/mol. The van der Waals surface area contributed by atoms with E-state index in [0.717, 1.165) is 38.5 Å². The Hall–Kier alpha value is -2.43. The van der Waals surface area contributed by atoms with E-state index < -0.39 is 11.6 Å². The van der Waals surface area contributed by atoms with Crippen molar-refractivity contribution in [1.29, 1.82) is 0 Å². The predicted molar refractivity (Wildman–Crippen MR) is 98.9 cm³/mol. The molecule has 1 N–H and O–H groups in total. The van der Waals surface area contributed by atoms with E-state index >= 15 is 0 Å². The van der Waals surface area contributed by atoms with Gasteiger partial charge in [-0.25, -0.2) is 0 Å². The van der Waals surface area contributed by atoms with Gasteiger partial charge in [-0.2, -0.15) is 0 Å². The molecule has 1 aliphatic carbocycles. The van der Waals surface area contributed by atoms with Crippen LogP contribution < -0.4 is 0 Å². The summed E-state index contributed by atoms with van der Waals surface area (Å²) in [4.78, 5) is 35.6. The average Bonchev–Trinajstić information content (AvgIpc) is 2.64. The number of aliphatic hydroxyl groups excluding tert-OH is 1. The van der Waals surface area contributed by atoms with E-state index in [1.54, 1.807) is 31.2 Å². The molecule has 0 saturated carbocycles. The second-order valence-electron chi connectivity index (χ2n) is 6.46. The third kappa shape index (κ3) is 5.04. The Morgan fingerprint density at radius 1 is 0.923 bits per heavy atom. The Kier molecular flexibility index (Phi) is 7.57. The van der Waals surface area contributed by atoms with Gasteiger partial charge in [-0.3, -0.25) is 14.4 Å². The zero-order chi connectivity index (χ0) is 18.9. The second-order valence-corrected chi connectivity index (χ2v) is 6.46. The highest BCUT2D eigenvalue weighted by molar-refractivity contribution is 6.52. The van der Waals surface area contributed by atoms with Crippen molar-refractivity contribution in [3.8, 4) is 0 Å². The van der Waals surface area contributed by atoms with Crippen molar-refractivity contribution in [2.75, 3.05) is 6.61 Å². The summed E-state index contributed by atoms with van der Waals surface area (Å²) in [5, 5.41) is 10.3. The van der Waals surface area contributed by atoms with Gasteiger partial charge in [-0.15, -0.1) is 0 Å². The number of aliphatic hydroxyl groups is 1. The van der Waals surface area contributed by atoms with E-state index in [-0.39, 0.29) is 22.9 Å². The van der Waals surface area contributed by atoms with Crippen LogP contribution in [-0.2, 0) is 14.3 Å². The number of fused-ring (bicyclic) bond motifs is 1. The molecule has 0 spiro atoms. The van der Waals surface area contributed by atoms with E-state index in [0.29, 0.717) is 25.0 Å². The maximum Gasteiger partial charge on any atom is 0.305 e. The van der Waals surface area contributed by atoms with Crippen molar-refractivity contribution in [3.05, 3.63) is 41.0 Å². The molecule has 2 rings (SSSR count). The lowest BCUT2D eigenvalue weighted by molar-refractivity contribution is -0.143. The van der Waals surface area contributed by atoms with Crippen LogP contribution in [0.3, 0.4) is 0 Å². The Morgan fingerprint density at radius 2 is 1.54 bits per heavy atom. The van der Waals surface area contributed by atoms with Gasteiger partial charge in [0.1, 0.15) is 5.76 Å². The lowest BCUT2D eigenvalue weighted by Gasteiger charge is -2.17. The number of allylic oxidation sites excluding steroid dienone is 1. The van der Waals surface area contributed by atoms with Gasteiger partial charge in [0.05, 0.1) is 6.61 Å². The number of hydrogen-bond acceptors (Lipinski definition) is 5. The molecule has 0 unspecified atom stereocenters. The Labute approximate surface area is 154 Å². The van der Waals surface area contributed by atoms with Gasteiger partial charge >= 0.3 is 5.97 Å². The van der Waals surface area contributed by atoms with Crippen molar-refractivity contribution in [2.45, 2.75) is 58.3 Å². The second kappa shape index (κ2) is 9.90. The number of unbranched alkanes of at least 4 members (excludes halogenated alkanes) is 5. The molecule has 0 aromatic heterocycles. The summed E-state index contributed by atoms with van der Waals surface area (Å²) in [7, 11) is 0. The Balaban J connectivity index is 1.73. The molecule has 0 aliphatic heterocycles. The highest BCUT2D eigenvalue weighted by atomic mass is 16.5. The lowest BCUT2D eigenvalue weighted by Crippen LogP contribution is -2.24. The zero-order valence-electron chi connectivity index (χ0n) is 15.3. The van der Waals surface area contributed by atoms with Gasteiger partial charge in [0.25, 0.3) is 0 Å². The van der Waals surface area contributed by atoms with Crippen LogP contribution >= 0.6 is 0 Å². The first kappa shape index (κ1) is 19.9. The molecule has 0 fully saturated rings. The van der Waals surface area contributed by atoms with Crippen molar-refractivity contribution >= 4 is 23.3 Å². The minimum Gasteiger partial charge on any atom is -0.507 e. The first-order chi connectivity index (χ1) is 12.6. The number of benzene rings is 1. The Morgan fingerprint density at radius 3 is 2.23 bits per heavy atom. The van der Waals surface area contributed by atoms with E-state index in [1.807, 2.05) is 0 Å². The SMILES string of the molecule is CCOC(=O)CCCCCCCCC1=C(O)c2ccccc2C(=O)C1=O. The first-order valence-corrected chi connectivity index (χ1v) is 9.32. The molecule has 1 aromatic rings. The van der Waals surface area contributed by atoms with E-state index in [1.165, 1.54) is 0 Å². The fraction of sp³-hybridized carbons (Fsp3) is 0.476. The van der Waals surface area contributed by atoms with Gasteiger partial charge in [-0.05, 0) is 26.2 Å². The summed E-state index contributed by atoms with van der Waals surface area (Å²) in [5.41, 5.74) is 0.961. The molecule has 1 aliphatic rings. The molecule has 0 radical (unpaired) electrons. The number of carbonyl (C=O) groups is 3. The number of ether oxygens (including phenoxy) is 1. The molecule has 140 valence electrons. The summed E-state index contributed by atoms with van der Waals surface area (Å²) in [6.45, 7) is 2.22. The van der Waals surface area contributed by atoms with E-state index in [2.05, 4.69) is 0 Å². The van der Waals surface area contributed by atoms with Crippen LogP contribution in [0.1, 0.15) is 74.2 Å². The smallest absolute Gasteiger partial charge is 0.305 e. The number of hydrogen-bond donors (Lipinski definition) is 1. The molecule has 5 heteroatoms. The van der Waals surface area contributed by atoms with Gasteiger partial charge in [0, 0.05) is 23.1 Å². The minimum atomic E-state index is -0.587. The summed E-state index contributed by atoms with van der Waals surface area (Å²) in [5.74, 6) is -1.32. The van der Waals surface area contributed by atoms with Crippen molar-refractivity contribution < 1.29 is 24.2 Å². The number of esters is 1. The maximum absolute atomic E-state index is 12.2. The fourth-order valence-electron chi connectivity index (χ4n) is 3.16. The number of Topliss-reactive ketones (excluding diaryl/α,β-unsaturated/α-hetero) is 2. The van der Waals surface area contributed by atoms with Gasteiger partial charge < -0.3 is 9.84 Å². The number of rotatable bonds is 10. The molecule has 0 heterocycles. The Bertz CT molecular complexity index is 702. The van der Waals surface area contributed by atoms with Crippen molar-refractivity contribution in [1.82, 2.24) is 0 Å². The van der Waals surface area contributed by atoms with Crippen LogP contribution in [0.5, 0.6) is 0 Å². The number of carbonyl (C=O) groups excluding carboxylic acids is 3. The molecule has 26 heavy (non-hydrogen) atoms. The van der Waals surface area contributed by atoms with E-state index in [9.17, 15) is 19.5 Å². The minimum absolute atomic E-state index is 0.0559. The monoisotopic (exact) mass is 358 g/mol.